The number of rotatable bonds is 3. The second-order valence-corrected chi connectivity index (χ2v) is 4.56. The van der Waals surface area contributed by atoms with E-state index in [9.17, 15) is 4.79 Å². The van der Waals surface area contributed by atoms with Crippen LogP contribution in [0.1, 0.15) is 38.5 Å². The van der Waals surface area contributed by atoms with Gasteiger partial charge in [0.2, 0.25) is 0 Å². The van der Waals surface area contributed by atoms with Gasteiger partial charge in [0.25, 0.3) is 5.89 Å². The second-order valence-electron chi connectivity index (χ2n) is 4.56. The Morgan fingerprint density at radius 1 is 1.59 bits per heavy atom. The molecule has 2 N–H and O–H groups in total. The molecule has 0 saturated heterocycles. The van der Waals surface area contributed by atoms with Crippen molar-refractivity contribution in [1.82, 2.24) is 15.5 Å². The Hall–Kier alpha value is -1.63. The van der Waals surface area contributed by atoms with Gasteiger partial charge >= 0.3 is 6.09 Å². The molecule has 7 heteroatoms. The lowest BCUT2D eigenvalue weighted by Gasteiger charge is -2.21. The summed E-state index contributed by atoms with van der Waals surface area (Å²) >= 11 is 0. The number of carbonyl (C=O) groups excluding carboxylic acids is 1. The Morgan fingerprint density at radius 2 is 2.24 bits per heavy atom. The van der Waals surface area contributed by atoms with Crippen molar-refractivity contribution in [3.63, 3.8) is 0 Å². The predicted octanol–water partition coefficient (Wildman–Crippen LogP) is 0.936. The molecular weight excluding hydrogens is 226 g/mol. The van der Waals surface area contributed by atoms with Gasteiger partial charge < -0.3 is 19.7 Å². The number of hydrogen-bond acceptors (Lipinski definition) is 6. The highest BCUT2D eigenvalue weighted by molar-refractivity contribution is 5.68. The normalized spacial score (nSPS) is 13.2. The molecule has 1 atom stereocenters. The van der Waals surface area contributed by atoms with E-state index in [2.05, 4.69) is 15.5 Å². The number of hydrogen-bond donors (Lipinski definition) is 2. The van der Waals surface area contributed by atoms with Gasteiger partial charge in [-0.3, -0.25) is 0 Å². The summed E-state index contributed by atoms with van der Waals surface area (Å²) in [6.45, 7) is 6.54. The van der Waals surface area contributed by atoms with Gasteiger partial charge in [-0.05, 0) is 27.7 Å². The average Bonchev–Trinajstić information content (AvgIpc) is 2.58. The molecule has 0 spiro atoms. The van der Waals surface area contributed by atoms with Gasteiger partial charge in [0.15, 0.2) is 5.82 Å². The second kappa shape index (κ2) is 5.13. The van der Waals surface area contributed by atoms with E-state index in [-0.39, 0.29) is 12.5 Å². The highest BCUT2D eigenvalue weighted by atomic mass is 16.6. The number of alkyl carbamates (subject to hydrolysis) is 1. The summed E-state index contributed by atoms with van der Waals surface area (Å²) in [5.74, 6) is 0.584. The van der Waals surface area contributed by atoms with Crippen LogP contribution in [0.5, 0.6) is 0 Å². The van der Waals surface area contributed by atoms with E-state index in [0.717, 1.165) is 0 Å². The summed E-state index contributed by atoms with van der Waals surface area (Å²) < 4.78 is 9.90. The number of nitrogens with one attached hydrogen (secondary N) is 1. The van der Waals surface area contributed by atoms with E-state index in [1.54, 1.807) is 27.7 Å². The highest BCUT2D eigenvalue weighted by Gasteiger charge is 2.23. The van der Waals surface area contributed by atoms with Crippen molar-refractivity contribution in [1.29, 1.82) is 0 Å². The van der Waals surface area contributed by atoms with Crippen LogP contribution < -0.4 is 5.32 Å². The third-order valence-electron chi connectivity index (χ3n) is 1.71. The molecule has 7 nitrogen and oxygen atoms in total. The summed E-state index contributed by atoms with van der Waals surface area (Å²) in [5.41, 5.74) is -0.602. The number of amides is 1. The van der Waals surface area contributed by atoms with E-state index in [1.165, 1.54) is 0 Å². The topological polar surface area (TPSA) is 97.5 Å². The third kappa shape index (κ3) is 4.39. The zero-order valence-electron chi connectivity index (χ0n) is 10.4. The predicted molar refractivity (Wildman–Crippen MR) is 58.2 cm³/mol. The zero-order chi connectivity index (χ0) is 13.1. The van der Waals surface area contributed by atoms with E-state index in [1.807, 2.05) is 0 Å². The van der Waals surface area contributed by atoms with Crippen LogP contribution in [0, 0.1) is 6.92 Å². The molecule has 0 aliphatic rings. The Bertz CT molecular complexity index is 383. The molecule has 0 radical (unpaired) electrons. The maximum atomic E-state index is 11.5. The van der Waals surface area contributed by atoms with Crippen LogP contribution in [-0.2, 0) is 4.74 Å². The van der Waals surface area contributed by atoms with Crippen molar-refractivity contribution in [2.45, 2.75) is 39.3 Å². The lowest BCUT2D eigenvalue weighted by atomic mass is 10.2. The Morgan fingerprint density at radius 3 is 2.65 bits per heavy atom. The minimum absolute atomic E-state index is 0.149. The molecule has 17 heavy (non-hydrogen) atoms. The average molecular weight is 243 g/mol. The molecule has 96 valence electrons. The van der Waals surface area contributed by atoms with Crippen LogP contribution >= 0.6 is 0 Å². The number of aromatic nitrogens is 2. The summed E-state index contributed by atoms with van der Waals surface area (Å²) in [7, 11) is 0. The Labute approximate surface area is 99.2 Å². The number of ether oxygens (including phenoxy) is 1. The molecular formula is C10H17N3O4. The molecule has 0 fully saturated rings. The summed E-state index contributed by atoms with van der Waals surface area (Å²) in [5, 5.41) is 15.2. The van der Waals surface area contributed by atoms with Gasteiger partial charge in [0.1, 0.15) is 11.6 Å². The van der Waals surface area contributed by atoms with E-state index in [0.29, 0.717) is 5.82 Å². The van der Waals surface area contributed by atoms with Crippen LogP contribution in [0.15, 0.2) is 4.52 Å². The van der Waals surface area contributed by atoms with Gasteiger partial charge in [-0.2, -0.15) is 4.98 Å². The largest absolute Gasteiger partial charge is 0.444 e. The van der Waals surface area contributed by atoms with E-state index >= 15 is 0 Å². The summed E-state index contributed by atoms with van der Waals surface area (Å²) in [4.78, 5) is 15.4. The number of aliphatic hydroxyl groups is 1. The molecule has 1 rings (SSSR count). The highest BCUT2D eigenvalue weighted by Crippen LogP contribution is 2.12. The number of nitrogens with zero attached hydrogens (tertiary/aromatic N) is 2. The van der Waals surface area contributed by atoms with Gasteiger partial charge in [0.05, 0.1) is 6.61 Å². The van der Waals surface area contributed by atoms with Crippen molar-refractivity contribution in [2.24, 2.45) is 0 Å². The smallest absolute Gasteiger partial charge is 0.408 e. The first-order chi connectivity index (χ1) is 7.81. The fourth-order valence-corrected chi connectivity index (χ4v) is 1.09. The van der Waals surface area contributed by atoms with Gasteiger partial charge in [-0.25, -0.2) is 4.79 Å². The minimum Gasteiger partial charge on any atom is -0.444 e. The molecule has 1 amide bonds. The van der Waals surface area contributed by atoms with Gasteiger partial charge in [0, 0.05) is 0 Å². The SMILES string of the molecule is Cc1noc(C(CO)NC(=O)OC(C)(C)C)n1. The lowest BCUT2D eigenvalue weighted by Crippen LogP contribution is -2.36. The maximum absolute atomic E-state index is 11.5. The quantitative estimate of drug-likeness (QED) is 0.819. The number of aliphatic hydroxyl groups excluding tert-OH is 1. The monoisotopic (exact) mass is 243 g/mol. The van der Waals surface area contributed by atoms with Crippen molar-refractivity contribution in [3.8, 4) is 0 Å². The first kappa shape index (κ1) is 13.4. The number of carbonyl (C=O) groups is 1. The van der Waals surface area contributed by atoms with E-state index < -0.39 is 17.7 Å². The summed E-state index contributed by atoms with van der Waals surface area (Å²) in [6.07, 6.45) is -0.646. The first-order valence-electron chi connectivity index (χ1n) is 5.22. The van der Waals surface area contributed by atoms with Crippen LogP contribution in [0.4, 0.5) is 4.79 Å². The molecule has 0 saturated carbocycles. The van der Waals surface area contributed by atoms with Gasteiger partial charge in [-0.1, -0.05) is 5.16 Å². The maximum Gasteiger partial charge on any atom is 0.408 e. The Balaban J connectivity index is 2.62. The van der Waals surface area contributed by atoms with Crippen molar-refractivity contribution >= 4 is 6.09 Å². The molecule has 1 heterocycles. The van der Waals surface area contributed by atoms with Crippen molar-refractivity contribution in [2.75, 3.05) is 6.61 Å². The van der Waals surface area contributed by atoms with E-state index in [4.69, 9.17) is 14.4 Å². The van der Waals surface area contributed by atoms with Crippen LogP contribution in [0.2, 0.25) is 0 Å². The van der Waals surface area contributed by atoms with Crippen LogP contribution in [0.3, 0.4) is 0 Å². The molecule has 0 bridgehead atoms. The van der Waals surface area contributed by atoms with Crippen LogP contribution in [-0.4, -0.2) is 33.5 Å². The van der Waals surface area contributed by atoms with Crippen molar-refractivity contribution < 1.29 is 19.2 Å². The standard InChI is InChI=1S/C10H17N3O4/c1-6-11-8(17-13-6)7(5-14)12-9(15)16-10(2,3)4/h7,14H,5H2,1-4H3,(H,12,15). The van der Waals surface area contributed by atoms with Crippen molar-refractivity contribution in [3.05, 3.63) is 11.7 Å². The van der Waals surface area contributed by atoms with Crippen LogP contribution in [0.25, 0.3) is 0 Å². The lowest BCUT2D eigenvalue weighted by molar-refractivity contribution is 0.0467. The Kier molecular flexibility index (Phi) is 4.06. The summed E-state index contributed by atoms with van der Waals surface area (Å²) in [6, 6.07) is -0.758. The zero-order valence-corrected chi connectivity index (χ0v) is 10.4. The molecule has 0 aliphatic heterocycles. The molecule has 0 aromatic carbocycles. The number of aryl methyl sites for hydroxylation is 1. The molecule has 1 aromatic rings. The third-order valence-corrected chi connectivity index (χ3v) is 1.71. The minimum atomic E-state index is -0.758. The molecule has 1 unspecified atom stereocenters. The molecule has 0 aliphatic carbocycles. The first-order valence-corrected chi connectivity index (χ1v) is 5.22. The fraction of sp³-hybridized carbons (Fsp3) is 0.700. The molecule has 1 aromatic heterocycles. The fourth-order valence-electron chi connectivity index (χ4n) is 1.09. The van der Waals surface area contributed by atoms with Gasteiger partial charge in [-0.15, -0.1) is 0 Å².